The van der Waals surface area contributed by atoms with Gasteiger partial charge in [0.2, 0.25) is 12.1 Å². The number of rotatable bonds is 16. The van der Waals surface area contributed by atoms with Gasteiger partial charge in [0.1, 0.15) is 11.4 Å². The smallest absolute Gasteiger partial charge is 0.258 e. The molecule has 0 saturated heterocycles. The second-order valence-corrected chi connectivity index (χ2v) is 16.8. The third kappa shape index (κ3) is 12.7. The molecule has 4 amide bonds. The molecule has 0 bridgehead atoms. The van der Waals surface area contributed by atoms with Crippen LogP contribution in [0.15, 0.2) is 118 Å². The van der Waals surface area contributed by atoms with E-state index in [0.29, 0.717) is 11.4 Å². The first-order chi connectivity index (χ1) is 30.3. The van der Waals surface area contributed by atoms with Crippen LogP contribution in [0.4, 0.5) is 34.1 Å². The monoisotopic (exact) mass is 982 g/mol. The van der Waals surface area contributed by atoms with E-state index in [0.717, 1.165) is 25.0 Å². The number of alkyl halides is 2. The first-order valence-corrected chi connectivity index (χ1v) is 21.3. The molecule has 64 heavy (non-hydrogen) atoms. The summed E-state index contributed by atoms with van der Waals surface area (Å²) >= 11 is 38.2. The molecule has 0 radical (unpaired) electrons. The van der Waals surface area contributed by atoms with Gasteiger partial charge >= 0.3 is 0 Å². The Labute approximate surface area is 397 Å². The van der Waals surface area contributed by atoms with E-state index in [1.165, 1.54) is 48.5 Å². The van der Waals surface area contributed by atoms with E-state index in [2.05, 4.69) is 41.7 Å². The fourth-order valence-electron chi connectivity index (χ4n) is 5.65. The number of carbonyl (C=O) groups is 6. The summed E-state index contributed by atoms with van der Waals surface area (Å²) in [5, 5.41) is 25.3. The highest BCUT2D eigenvalue weighted by atomic mass is 35.5. The average Bonchev–Trinajstić information content (AvgIpc) is 3.23. The molecule has 20 heteroatoms. The van der Waals surface area contributed by atoms with Crippen LogP contribution in [-0.4, -0.2) is 47.3 Å². The number of halogens is 6. The molecular formula is C44H36Cl6N8O6. The van der Waals surface area contributed by atoms with Crippen molar-refractivity contribution in [2.45, 2.75) is 50.5 Å². The standard InChI is InChI=1S/C44H36Cl6N8O6/c1-21(45)25-11-15-27(16-12-25)51-41(61)30-7-5-9-34(36(30)49)55-57-38(23(3)59)43(63)53-29-19-32(47)40(33(48)20-29)54-44(64)39(24(4)60)58-56-35-10-6-8-31(37(35)50)42(62)52-28-17-13-26(14-18-28)22(2)46/h5-22,38-39H,1-4H3,(H,51,61)(H,52,62)(H,53,63)(H,54,64). The van der Waals surface area contributed by atoms with E-state index in [1.54, 1.807) is 48.5 Å². The number of ketones is 2. The van der Waals surface area contributed by atoms with Crippen LogP contribution in [0.25, 0.3) is 0 Å². The first-order valence-electron chi connectivity index (χ1n) is 19.0. The molecule has 0 saturated carbocycles. The average molecular weight is 986 g/mol. The van der Waals surface area contributed by atoms with Gasteiger partial charge in [0.15, 0.2) is 11.6 Å². The molecule has 5 aromatic rings. The molecule has 4 N–H and O–H groups in total. The van der Waals surface area contributed by atoms with Gasteiger partial charge in [-0.1, -0.05) is 82.8 Å². The van der Waals surface area contributed by atoms with Crippen molar-refractivity contribution in [3.05, 3.63) is 139 Å². The summed E-state index contributed by atoms with van der Waals surface area (Å²) < 4.78 is 0. The van der Waals surface area contributed by atoms with E-state index < -0.39 is 47.3 Å². The van der Waals surface area contributed by atoms with E-state index in [1.807, 2.05) is 13.8 Å². The van der Waals surface area contributed by atoms with Crippen molar-refractivity contribution in [3.8, 4) is 0 Å². The summed E-state index contributed by atoms with van der Waals surface area (Å²) in [6.45, 7) is 5.88. The lowest BCUT2D eigenvalue weighted by Crippen LogP contribution is -2.32. The molecule has 0 aliphatic carbocycles. The number of Topliss-reactive ketones (excluding diaryl/α,β-unsaturated/α-hetero) is 2. The Kier molecular flexibility index (Phi) is 17.1. The predicted molar refractivity (Wildman–Crippen MR) is 252 cm³/mol. The van der Waals surface area contributed by atoms with Gasteiger partial charge in [-0.15, -0.1) is 23.2 Å². The summed E-state index contributed by atoms with van der Waals surface area (Å²) in [6, 6.07) is 21.8. The number of hydrogen-bond donors (Lipinski definition) is 4. The fourth-order valence-corrected chi connectivity index (χ4v) is 7.02. The maximum absolute atomic E-state index is 13.3. The largest absolute Gasteiger partial charge is 0.324 e. The highest BCUT2D eigenvalue weighted by molar-refractivity contribution is 6.41. The van der Waals surface area contributed by atoms with Crippen molar-refractivity contribution >= 4 is 139 Å². The Bertz CT molecular complexity index is 2650. The number of nitrogens with zero attached hydrogens (tertiary/aromatic N) is 4. The van der Waals surface area contributed by atoms with Crippen LogP contribution >= 0.6 is 69.6 Å². The third-order valence-electron chi connectivity index (χ3n) is 9.09. The molecule has 0 aliphatic rings. The Morgan fingerprint density at radius 1 is 0.500 bits per heavy atom. The second-order valence-electron chi connectivity index (χ2n) is 13.9. The summed E-state index contributed by atoms with van der Waals surface area (Å²) in [4.78, 5) is 77.9. The first kappa shape index (κ1) is 49.3. The predicted octanol–water partition coefficient (Wildman–Crippen LogP) is 12.8. The summed E-state index contributed by atoms with van der Waals surface area (Å²) in [7, 11) is 0. The number of anilines is 4. The molecular weight excluding hydrogens is 949 g/mol. The lowest BCUT2D eigenvalue weighted by atomic mass is 10.1. The molecule has 0 aromatic heterocycles. The van der Waals surface area contributed by atoms with Gasteiger partial charge in [-0.25, -0.2) is 0 Å². The minimum Gasteiger partial charge on any atom is -0.324 e. The van der Waals surface area contributed by atoms with Crippen LogP contribution in [0.5, 0.6) is 0 Å². The lowest BCUT2D eigenvalue weighted by Gasteiger charge is -2.15. The van der Waals surface area contributed by atoms with Gasteiger partial charge in [0.25, 0.3) is 23.6 Å². The van der Waals surface area contributed by atoms with E-state index >= 15 is 0 Å². The van der Waals surface area contributed by atoms with Crippen LogP contribution in [-0.2, 0) is 19.2 Å². The molecule has 0 heterocycles. The summed E-state index contributed by atoms with van der Waals surface area (Å²) in [5.41, 5.74) is 2.71. The molecule has 4 unspecified atom stereocenters. The Hall–Kier alpha value is -5.74. The van der Waals surface area contributed by atoms with Gasteiger partial charge in [-0.2, -0.15) is 20.5 Å². The van der Waals surface area contributed by atoms with E-state index in [4.69, 9.17) is 69.6 Å². The molecule has 4 atom stereocenters. The number of nitrogens with one attached hydrogen (secondary N) is 4. The maximum atomic E-state index is 13.3. The molecule has 14 nitrogen and oxygen atoms in total. The molecule has 0 fully saturated rings. The van der Waals surface area contributed by atoms with Gasteiger partial charge in [0, 0.05) is 17.1 Å². The van der Waals surface area contributed by atoms with Gasteiger partial charge < -0.3 is 21.3 Å². The normalized spacial score (nSPS) is 13.2. The van der Waals surface area contributed by atoms with E-state index in [-0.39, 0.29) is 64.7 Å². The van der Waals surface area contributed by atoms with Crippen LogP contribution in [0.2, 0.25) is 20.1 Å². The Morgan fingerprint density at radius 3 is 1.23 bits per heavy atom. The van der Waals surface area contributed by atoms with Crippen LogP contribution in [0.1, 0.15) is 70.3 Å². The molecule has 0 spiro atoms. The summed E-state index contributed by atoms with van der Waals surface area (Å²) in [6.07, 6.45) is 0. The molecule has 5 rings (SSSR count). The Morgan fingerprint density at radius 2 is 0.875 bits per heavy atom. The minimum atomic E-state index is -1.70. The van der Waals surface area contributed by atoms with Crippen molar-refractivity contribution in [3.63, 3.8) is 0 Å². The number of azo groups is 2. The van der Waals surface area contributed by atoms with E-state index in [9.17, 15) is 28.8 Å². The van der Waals surface area contributed by atoms with Crippen molar-refractivity contribution in [2.75, 3.05) is 21.3 Å². The SMILES string of the molecule is CC(=O)C(N=Nc1cccc(C(=O)Nc2ccc(C(C)Cl)cc2)c1Cl)C(=O)Nc1cc(Cl)c(NC(=O)C(N=Nc2cccc(C(=O)Nc3ccc(C(C)Cl)cc3)c2Cl)C(C)=O)c(Cl)c1. The van der Waals surface area contributed by atoms with Gasteiger partial charge in [0.05, 0.1) is 47.7 Å². The summed E-state index contributed by atoms with van der Waals surface area (Å²) in [5.74, 6) is -4.38. The van der Waals surface area contributed by atoms with Gasteiger partial charge in [-0.05, 0) is 99.5 Å². The van der Waals surface area contributed by atoms with Crippen LogP contribution in [0.3, 0.4) is 0 Å². The van der Waals surface area contributed by atoms with Crippen molar-refractivity contribution in [1.29, 1.82) is 0 Å². The second kappa shape index (κ2) is 22.2. The third-order valence-corrected chi connectivity index (χ3v) is 11.0. The zero-order valence-corrected chi connectivity index (χ0v) is 38.6. The Balaban J connectivity index is 1.25. The maximum Gasteiger partial charge on any atom is 0.258 e. The fraction of sp³-hybridized carbons (Fsp3) is 0.182. The molecule has 330 valence electrons. The van der Waals surface area contributed by atoms with Crippen LogP contribution < -0.4 is 21.3 Å². The number of carbonyl (C=O) groups excluding carboxylic acids is 6. The van der Waals surface area contributed by atoms with Crippen molar-refractivity contribution < 1.29 is 28.8 Å². The topological polar surface area (TPSA) is 200 Å². The lowest BCUT2D eigenvalue weighted by molar-refractivity contribution is -0.127. The minimum absolute atomic E-state index is 0.00106. The zero-order valence-electron chi connectivity index (χ0n) is 34.1. The zero-order chi connectivity index (χ0) is 46.8. The number of hydrogen-bond acceptors (Lipinski definition) is 10. The molecule has 5 aromatic carbocycles. The van der Waals surface area contributed by atoms with Crippen LogP contribution in [0, 0.1) is 0 Å². The highest BCUT2D eigenvalue weighted by Gasteiger charge is 2.27. The number of amides is 4. The van der Waals surface area contributed by atoms with Gasteiger partial charge in [-0.3, -0.25) is 28.8 Å². The molecule has 0 aliphatic heterocycles. The van der Waals surface area contributed by atoms with Crippen molar-refractivity contribution in [2.24, 2.45) is 20.5 Å². The number of benzene rings is 5. The van der Waals surface area contributed by atoms with Crippen molar-refractivity contribution in [1.82, 2.24) is 0 Å². The quantitative estimate of drug-likeness (QED) is 0.0430. The highest BCUT2D eigenvalue weighted by Crippen LogP contribution is 2.36.